The molecule has 5 N–H and O–H groups in total. The number of nitrogens with one attached hydrogen (secondary N) is 3. The fourth-order valence-corrected chi connectivity index (χ4v) is 5.41. The minimum Gasteiger partial charge on any atom is -0.368 e. The Morgan fingerprint density at radius 2 is 1.52 bits per heavy atom. The number of nitrogens with two attached hydrogens (primary N) is 1. The highest BCUT2D eigenvalue weighted by Crippen LogP contribution is 2.20. The van der Waals surface area contributed by atoms with E-state index in [2.05, 4.69) is 20.9 Å². The zero-order valence-electron chi connectivity index (χ0n) is 26.8. The van der Waals surface area contributed by atoms with Gasteiger partial charge in [0.2, 0.25) is 11.8 Å². The maximum absolute atomic E-state index is 14.0. The van der Waals surface area contributed by atoms with Crippen molar-refractivity contribution in [3.63, 3.8) is 0 Å². The van der Waals surface area contributed by atoms with Gasteiger partial charge in [-0.1, -0.05) is 92.7 Å². The van der Waals surface area contributed by atoms with E-state index in [1.807, 2.05) is 105 Å². The van der Waals surface area contributed by atoms with Gasteiger partial charge in [0.05, 0.1) is 0 Å². The maximum atomic E-state index is 14.0. The number of amides is 4. The summed E-state index contributed by atoms with van der Waals surface area (Å²) < 4.78 is 0. The number of aromatic nitrogens is 1. The van der Waals surface area contributed by atoms with Gasteiger partial charge >= 0.3 is 6.03 Å². The van der Waals surface area contributed by atoms with Crippen molar-refractivity contribution in [2.45, 2.75) is 64.1 Å². The highest BCUT2D eigenvalue weighted by atomic mass is 16.2. The van der Waals surface area contributed by atoms with Crippen LogP contribution in [-0.4, -0.2) is 65.5 Å². The Labute approximate surface area is 272 Å². The van der Waals surface area contributed by atoms with Crippen LogP contribution in [0.3, 0.4) is 0 Å². The minimum absolute atomic E-state index is 0.242. The molecule has 242 valence electrons. The molecule has 9 nitrogen and oxygen atoms in total. The van der Waals surface area contributed by atoms with E-state index in [0.717, 1.165) is 27.6 Å². The summed E-state index contributed by atoms with van der Waals surface area (Å²) in [5.74, 6) is -1.05. The van der Waals surface area contributed by atoms with Crippen molar-refractivity contribution in [3.8, 4) is 0 Å². The van der Waals surface area contributed by atoms with E-state index >= 15 is 0 Å². The summed E-state index contributed by atoms with van der Waals surface area (Å²) in [5, 5.41) is 11.2. The average molecular weight is 623 g/mol. The van der Waals surface area contributed by atoms with Crippen molar-refractivity contribution in [2.75, 3.05) is 19.6 Å². The van der Waals surface area contributed by atoms with Crippen LogP contribution in [0.1, 0.15) is 43.5 Å². The number of benzene rings is 3. The molecular weight excluding hydrogens is 576 g/mol. The van der Waals surface area contributed by atoms with Gasteiger partial charge in [0.1, 0.15) is 12.1 Å². The number of hydrogen-bond acceptors (Lipinski definition) is 5. The van der Waals surface area contributed by atoms with Gasteiger partial charge in [0.15, 0.2) is 0 Å². The summed E-state index contributed by atoms with van der Waals surface area (Å²) in [6.45, 7) is 5.67. The van der Waals surface area contributed by atoms with Crippen molar-refractivity contribution in [1.29, 1.82) is 0 Å². The van der Waals surface area contributed by atoms with Gasteiger partial charge in [0, 0.05) is 43.9 Å². The normalized spacial score (nSPS) is 12.4. The minimum atomic E-state index is -0.942. The zero-order valence-corrected chi connectivity index (χ0v) is 26.8. The molecule has 4 rings (SSSR count). The van der Waals surface area contributed by atoms with Gasteiger partial charge in [-0.3, -0.25) is 14.6 Å². The third-order valence-corrected chi connectivity index (χ3v) is 7.96. The molecule has 0 fully saturated rings. The number of primary amides is 1. The molecule has 1 heterocycles. The van der Waals surface area contributed by atoms with Gasteiger partial charge in [-0.05, 0) is 59.8 Å². The van der Waals surface area contributed by atoms with E-state index < -0.39 is 23.9 Å². The molecule has 4 amide bonds. The van der Waals surface area contributed by atoms with Crippen LogP contribution in [-0.2, 0) is 28.9 Å². The van der Waals surface area contributed by atoms with Crippen molar-refractivity contribution in [2.24, 2.45) is 5.73 Å². The summed E-state index contributed by atoms with van der Waals surface area (Å²) in [4.78, 5) is 46.4. The van der Waals surface area contributed by atoms with Crippen molar-refractivity contribution in [1.82, 2.24) is 25.8 Å². The van der Waals surface area contributed by atoms with E-state index in [9.17, 15) is 14.4 Å². The molecule has 4 aromatic rings. The second-order valence-corrected chi connectivity index (χ2v) is 11.9. The van der Waals surface area contributed by atoms with Crippen molar-refractivity contribution >= 4 is 28.6 Å². The molecule has 0 aliphatic rings. The Hall–Kier alpha value is -4.76. The predicted molar refractivity (Wildman–Crippen MR) is 183 cm³/mol. The number of pyridine rings is 1. The summed E-state index contributed by atoms with van der Waals surface area (Å²) in [6.07, 6.45) is 4.26. The molecule has 0 bridgehead atoms. The fourth-order valence-electron chi connectivity index (χ4n) is 5.41. The average Bonchev–Trinajstić information content (AvgIpc) is 3.06. The number of rotatable bonds is 17. The van der Waals surface area contributed by atoms with Gasteiger partial charge < -0.3 is 26.6 Å². The second kappa shape index (κ2) is 17.7. The quantitative estimate of drug-likeness (QED) is 0.130. The van der Waals surface area contributed by atoms with Gasteiger partial charge in [0.25, 0.3) is 0 Å². The number of carbonyl (C=O) groups is 3. The Morgan fingerprint density at radius 3 is 2.26 bits per heavy atom. The van der Waals surface area contributed by atoms with E-state index in [0.29, 0.717) is 51.4 Å². The molecule has 3 aromatic carbocycles. The van der Waals surface area contributed by atoms with Crippen LogP contribution < -0.4 is 21.7 Å². The lowest BCUT2D eigenvalue weighted by molar-refractivity contribution is -0.128. The van der Waals surface area contributed by atoms with E-state index in [4.69, 9.17) is 5.73 Å². The Morgan fingerprint density at radius 1 is 0.804 bits per heavy atom. The largest absolute Gasteiger partial charge is 0.368 e. The van der Waals surface area contributed by atoms with Crippen LogP contribution in [0, 0.1) is 0 Å². The standard InChI is InChI=1S/C37H46N6O3/c1-27(2)39-23-11-19-33(35(38)44)41-36(45)34(26-30-16-10-15-29-14-6-7-18-32(29)30)42-37(46)43(24-20-28-12-4-3-5-13-28)25-21-31-17-8-9-22-40-31/h3-10,12-18,22,27,33-34,39H,11,19-21,23-26H2,1-2H3,(H2,38,44)(H,41,45)(H,42,46)/t33-,34-/m1/s1. The van der Waals surface area contributed by atoms with Gasteiger partial charge in [-0.15, -0.1) is 0 Å². The molecule has 0 unspecified atom stereocenters. The van der Waals surface area contributed by atoms with E-state index in [-0.39, 0.29) is 12.5 Å². The molecule has 0 radical (unpaired) electrons. The number of fused-ring (bicyclic) bond motifs is 1. The van der Waals surface area contributed by atoms with Crippen LogP contribution in [0.5, 0.6) is 0 Å². The van der Waals surface area contributed by atoms with Crippen LogP contribution >= 0.6 is 0 Å². The molecule has 0 aliphatic carbocycles. The topological polar surface area (TPSA) is 129 Å². The highest BCUT2D eigenvalue weighted by molar-refractivity contribution is 5.92. The van der Waals surface area contributed by atoms with Crippen molar-refractivity contribution in [3.05, 3.63) is 114 Å². The summed E-state index contributed by atoms with van der Waals surface area (Å²) in [6, 6.07) is 27.7. The van der Waals surface area contributed by atoms with E-state index in [1.165, 1.54) is 0 Å². The number of carbonyl (C=O) groups excluding carboxylic acids is 3. The molecule has 1 aromatic heterocycles. The van der Waals surface area contributed by atoms with E-state index in [1.54, 1.807) is 11.1 Å². The summed E-state index contributed by atoms with van der Waals surface area (Å²) in [5.41, 5.74) is 8.62. The monoisotopic (exact) mass is 622 g/mol. The van der Waals surface area contributed by atoms with Gasteiger partial charge in [-0.2, -0.15) is 0 Å². The predicted octanol–water partition coefficient (Wildman–Crippen LogP) is 4.39. The van der Waals surface area contributed by atoms with Gasteiger partial charge in [-0.25, -0.2) is 4.79 Å². The molecule has 46 heavy (non-hydrogen) atoms. The highest BCUT2D eigenvalue weighted by Gasteiger charge is 2.28. The first kappa shape index (κ1) is 34.1. The molecule has 0 spiro atoms. The molecule has 0 saturated heterocycles. The lowest BCUT2D eigenvalue weighted by atomic mass is 9.98. The second-order valence-electron chi connectivity index (χ2n) is 11.9. The Balaban J connectivity index is 1.55. The van der Waals surface area contributed by atoms with Crippen LogP contribution in [0.2, 0.25) is 0 Å². The summed E-state index contributed by atoms with van der Waals surface area (Å²) in [7, 11) is 0. The SMILES string of the molecule is CC(C)NCCC[C@@H](NC(=O)[C@@H](Cc1cccc2ccccc12)NC(=O)N(CCc1ccccc1)CCc1ccccn1)C(N)=O. The number of nitrogens with zero attached hydrogens (tertiary/aromatic N) is 2. The third-order valence-electron chi connectivity index (χ3n) is 7.96. The number of urea groups is 1. The molecule has 0 aliphatic heterocycles. The smallest absolute Gasteiger partial charge is 0.318 e. The van der Waals surface area contributed by atoms with Crippen LogP contribution in [0.25, 0.3) is 10.8 Å². The first-order chi connectivity index (χ1) is 22.3. The maximum Gasteiger partial charge on any atom is 0.318 e. The molecule has 9 heteroatoms. The first-order valence-electron chi connectivity index (χ1n) is 16.1. The lowest BCUT2D eigenvalue weighted by Gasteiger charge is -2.28. The summed E-state index contributed by atoms with van der Waals surface area (Å²) >= 11 is 0. The Bertz CT molecular complexity index is 1500. The first-order valence-corrected chi connectivity index (χ1v) is 16.1. The fraction of sp³-hybridized carbons (Fsp3) is 0.351. The lowest BCUT2D eigenvalue weighted by Crippen LogP contribution is -2.56. The Kier molecular flexibility index (Phi) is 13.1. The molecule has 2 atom stereocenters. The molecule has 0 saturated carbocycles. The third kappa shape index (κ3) is 10.7. The van der Waals surface area contributed by atoms with Crippen LogP contribution in [0.15, 0.2) is 97.2 Å². The molecular formula is C37H46N6O3. The zero-order chi connectivity index (χ0) is 32.7. The number of hydrogen-bond donors (Lipinski definition) is 4. The van der Waals surface area contributed by atoms with Crippen LogP contribution in [0.4, 0.5) is 4.79 Å². The van der Waals surface area contributed by atoms with Crippen molar-refractivity contribution < 1.29 is 14.4 Å².